The van der Waals surface area contributed by atoms with Crippen molar-refractivity contribution in [2.45, 2.75) is 0 Å². The van der Waals surface area contributed by atoms with E-state index in [0.29, 0.717) is 0 Å². The van der Waals surface area contributed by atoms with Gasteiger partial charge in [0.25, 0.3) is 0 Å². The molecule has 0 aliphatic carbocycles. The topological polar surface area (TPSA) is 22.1 Å². The lowest BCUT2D eigenvalue weighted by atomic mass is 9.99. The van der Waals surface area contributed by atoms with Gasteiger partial charge in [-0.3, -0.25) is 4.98 Å². The van der Waals surface area contributed by atoms with Crippen LogP contribution >= 0.6 is 0 Å². The highest BCUT2D eigenvalue weighted by molar-refractivity contribution is 5.97. The van der Waals surface area contributed by atoms with Gasteiger partial charge < -0.3 is 4.74 Å². The molecule has 0 fully saturated rings. The first-order valence-electron chi connectivity index (χ1n) is 5.86. The maximum atomic E-state index is 5.41. The third-order valence-corrected chi connectivity index (χ3v) is 3.08. The van der Waals surface area contributed by atoms with Crippen LogP contribution in [0, 0.1) is 0 Å². The molecule has 2 nitrogen and oxygen atoms in total. The fraction of sp³-hybridized carbons (Fsp3) is 0.0625. The second-order valence-electron chi connectivity index (χ2n) is 4.10. The van der Waals surface area contributed by atoms with Crippen molar-refractivity contribution >= 4 is 10.8 Å². The van der Waals surface area contributed by atoms with Crippen molar-refractivity contribution in [3.8, 4) is 16.9 Å². The van der Waals surface area contributed by atoms with Crippen LogP contribution in [0.15, 0.2) is 60.9 Å². The number of methoxy groups -OCH3 is 1. The largest absolute Gasteiger partial charge is 0.496 e. The van der Waals surface area contributed by atoms with Gasteiger partial charge in [0.15, 0.2) is 0 Å². The molecule has 0 N–H and O–H groups in total. The van der Waals surface area contributed by atoms with E-state index in [4.69, 9.17) is 4.74 Å². The van der Waals surface area contributed by atoms with Crippen molar-refractivity contribution in [3.05, 3.63) is 60.9 Å². The molecule has 0 saturated carbocycles. The summed E-state index contributed by atoms with van der Waals surface area (Å²) in [5.74, 6) is 0.848. The second-order valence-corrected chi connectivity index (χ2v) is 4.10. The molecule has 0 aliphatic rings. The van der Waals surface area contributed by atoms with E-state index in [1.165, 1.54) is 10.8 Å². The highest BCUT2D eigenvalue weighted by Crippen LogP contribution is 2.33. The smallest absolute Gasteiger partial charge is 0.129 e. The summed E-state index contributed by atoms with van der Waals surface area (Å²) in [5, 5.41) is 2.44. The predicted octanol–water partition coefficient (Wildman–Crippen LogP) is 3.91. The predicted molar refractivity (Wildman–Crippen MR) is 73.7 cm³/mol. The Kier molecular flexibility index (Phi) is 2.69. The SMILES string of the molecule is COc1ccncc1-c1cccc2ccccc12. The van der Waals surface area contributed by atoms with Crippen molar-refractivity contribution in [1.29, 1.82) is 0 Å². The number of fused-ring (bicyclic) bond motifs is 1. The molecular formula is C16H13NO. The second kappa shape index (κ2) is 4.49. The van der Waals surface area contributed by atoms with E-state index in [1.807, 2.05) is 18.3 Å². The summed E-state index contributed by atoms with van der Waals surface area (Å²) in [5.41, 5.74) is 2.18. The van der Waals surface area contributed by atoms with Gasteiger partial charge in [-0.05, 0) is 22.4 Å². The summed E-state index contributed by atoms with van der Waals surface area (Å²) in [7, 11) is 1.68. The molecule has 2 aromatic carbocycles. The average Bonchev–Trinajstić information content (AvgIpc) is 2.46. The summed E-state index contributed by atoms with van der Waals surface area (Å²) in [6.45, 7) is 0. The van der Waals surface area contributed by atoms with Gasteiger partial charge in [-0.15, -0.1) is 0 Å². The molecule has 0 amide bonds. The number of aromatic nitrogens is 1. The van der Waals surface area contributed by atoms with Crippen molar-refractivity contribution in [2.24, 2.45) is 0 Å². The lowest BCUT2D eigenvalue weighted by molar-refractivity contribution is 0.416. The van der Waals surface area contributed by atoms with Crippen LogP contribution in [0.1, 0.15) is 0 Å². The first-order chi connectivity index (χ1) is 8.90. The van der Waals surface area contributed by atoms with Gasteiger partial charge in [0.05, 0.1) is 7.11 Å². The summed E-state index contributed by atoms with van der Waals surface area (Å²) in [4.78, 5) is 4.20. The lowest BCUT2D eigenvalue weighted by Crippen LogP contribution is -1.89. The monoisotopic (exact) mass is 235 g/mol. The van der Waals surface area contributed by atoms with Crippen LogP contribution in [0.5, 0.6) is 5.75 Å². The van der Waals surface area contributed by atoms with Gasteiger partial charge in [-0.1, -0.05) is 42.5 Å². The number of pyridine rings is 1. The Morgan fingerprint density at radius 3 is 2.61 bits per heavy atom. The quantitative estimate of drug-likeness (QED) is 0.671. The van der Waals surface area contributed by atoms with Crippen LogP contribution in [-0.2, 0) is 0 Å². The van der Waals surface area contributed by atoms with Gasteiger partial charge in [0, 0.05) is 18.0 Å². The Balaban J connectivity index is 2.32. The van der Waals surface area contributed by atoms with Gasteiger partial charge in [0.2, 0.25) is 0 Å². The van der Waals surface area contributed by atoms with Crippen molar-refractivity contribution < 1.29 is 4.74 Å². The lowest BCUT2D eigenvalue weighted by Gasteiger charge is -2.10. The molecule has 88 valence electrons. The Morgan fingerprint density at radius 2 is 1.72 bits per heavy atom. The summed E-state index contributed by atoms with van der Waals surface area (Å²) in [6, 6.07) is 16.5. The maximum Gasteiger partial charge on any atom is 0.129 e. The molecule has 0 bridgehead atoms. The van der Waals surface area contributed by atoms with Gasteiger partial charge >= 0.3 is 0 Å². The number of ether oxygens (including phenoxy) is 1. The zero-order chi connectivity index (χ0) is 12.4. The normalized spacial score (nSPS) is 10.5. The zero-order valence-electron chi connectivity index (χ0n) is 10.1. The van der Waals surface area contributed by atoms with Gasteiger partial charge in [-0.25, -0.2) is 0 Å². The van der Waals surface area contributed by atoms with E-state index in [-0.39, 0.29) is 0 Å². The van der Waals surface area contributed by atoms with Crippen LogP contribution in [0.25, 0.3) is 21.9 Å². The molecular weight excluding hydrogens is 222 g/mol. The van der Waals surface area contributed by atoms with E-state index < -0.39 is 0 Å². The third-order valence-electron chi connectivity index (χ3n) is 3.08. The fourth-order valence-corrected chi connectivity index (χ4v) is 2.22. The first kappa shape index (κ1) is 10.8. The molecule has 0 radical (unpaired) electrons. The molecule has 0 atom stereocenters. The molecule has 1 aromatic heterocycles. The maximum absolute atomic E-state index is 5.41. The minimum Gasteiger partial charge on any atom is -0.496 e. The minimum absolute atomic E-state index is 0.848. The third kappa shape index (κ3) is 1.72. The van der Waals surface area contributed by atoms with Crippen LogP contribution in [0.2, 0.25) is 0 Å². The Morgan fingerprint density at radius 1 is 0.889 bits per heavy atom. The molecule has 1 heterocycles. The van der Waals surface area contributed by atoms with Crippen LogP contribution in [0.3, 0.4) is 0 Å². The molecule has 18 heavy (non-hydrogen) atoms. The van der Waals surface area contributed by atoms with Gasteiger partial charge in [-0.2, -0.15) is 0 Å². The number of hydrogen-bond acceptors (Lipinski definition) is 2. The summed E-state index contributed by atoms with van der Waals surface area (Å²) in [6.07, 6.45) is 3.59. The van der Waals surface area contributed by atoms with E-state index in [1.54, 1.807) is 13.3 Å². The molecule has 3 rings (SSSR count). The molecule has 0 aliphatic heterocycles. The van der Waals surface area contributed by atoms with E-state index in [2.05, 4.69) is 41.4 Å². The van der Waals surface area contributed by atoms with E-state index in [9.17, 15) is 0 Å². The molecule has 2 heteroatoms. The minimum atomic E-state index is 0.848. The van der Waals surface area contributed by atoms with Crippen LogP contribution in [0.4, 0.5) is 0 Å². The molecule has 0 unspecified atom stereocenters. The first-order valence-corrected chi connectivity index (χ1v) is 5.86. The number of rotatable bonds is 2. The van der Waals surface area contributed by atoms with Crippen molar-refractivity contribution in [1.82, 2.24) is 4.98 Å². The van der Waals surface area contributed by atoms with Crippen molar-refractivity contribution in [3.63, 3.8) is 0 Å². The summed E-state index contributed by atoms with van der Waals surface area (Å²) < 4.78 is 5.41. The van der Waals surface area contributed by atoms with Crippen LogP contribution < -0.4 is 4.74 Å². The average molecular weight is 235 g/mol. The molecule has 3 aromatic rings. The zero-order valence-corrected chi connectivity index (χ0v) is 10.1. The molecule has 0 spiro atoms. The summed E-state index contributed by atoms with van der Waals surface area (Å²) >= 11 is 0. The Labute approximate surface area is 106 Å². The van der Waals surface area contributed by atoms with Crippen molar-refractivity contribution in [2.75, 3.05) is 7.11 Å². The Hall–Kier alpha value is -2.35. The van der Waals surface area contributed by atoms with Crippen LogP contribution in [-0.4, -0.2) is 12.1 Å². The molecule has 0 saturated heterocycles. The number of nitrogens with zero attached hydrogens (tertiary/aromatic N) is 1. The van der Waals surface area contributed by atoms with E-state index in [0.717, 1.165) is 16.9 Å². The van der Waals surface area contributed by atoms with Gasteiger partial charge in [0.1, 0.15) is 5.75 Å². The standard InChI is InChI=1S/C16H13NO/c1-18-16-9-10-17-11-15(16)14-8-4-6-12-5-2-3-7-13(12)14/h2-11H,1H3. The number of benzene rings is 2. The van der Waals surface area contributed by atoms with E-state index >= 15 is 0 Å². The fourth-order valence-electron chi connectivity index (χ4n) is 2.22. The highest BCUT2D eigenvalue weighted by Gasteiger charge is 2.08. The highest BCUT2D eigenvalue weighted by atomic mass is 16.5. The number of hydrogen-bond donors (Lipinski definition) is 0. The Bertz CT molecular complexity index is 686.